The van der Waals surface area contributed by atoms with Crippen LogP contribution in [0.1, 0.15) is 35.8 Å². The number of hydrogen-bond acceptors (Lipinski definition) is 7. The zero-order chi connectivity index (χ0) is 16.3. The number of carbonyl (C=O) groups excluding carboxylic acids is 4. The van der Waals surface area contributed by atoms with E-state index >= 15 is 0 Å². The monoisotopic (exact) mass is 316 g/mol. The number of cyclic esters (lactones) is 4. The third-order valence-corrected chi connectivity index (χ3v) is 4.86. The van der Waals surface area contributed by atoms with Crippen LogP contribution in [0.2, 0.25) is 0 Å². The van der Waals surface area contributed by atoms with E-state index in [9.17, 15) is 24.3 Å². The molecule has 7 nitrogen and oxygen atoms in total. The number of rotatable bonds is 1. The van der Waals surface area contributed by atoms with Crippen LogP contribution in [-0.4, -0.2) is 29.0 Å². The average molecular weight is 316 g/mol. The number of aromatic hydroxyl groups is 1. The minimum atomic E-state index is -0.769. The van der Waals surface area contributed by atoms with Gasteiger partial charge >= 0.3 is 23.9 Å². The number of phenolic OH excluding ortho intramolecular Hbond substituents is 1. The van der Waals surface area contributed by atoms with Crippen molar-refractivity contribution in [2.24, 2.45) is 11.8 Å². The molecule has 7 heteroatoms. The lowest BCUT2D eigenvalue weighted by atomic mass is 9.67. The smallest absolute Gasteiger partial charge is 0.321 e. The summed E-state index contributed by atoms with van der Waals surface area (Å²) in [7, 11) is 0. The van der Waals surface area contributed by atoms with Crippen molar-refractivity contribution in [1.82, 2.24) is 0 Å². The topological polar surface area (TPSA) is 107 Å². The maximum atomic E-state index is 12.0. The molecule has 2 aliphatic heterocycles. The Bertz CT molecular complexity index is 766. The molecule has 2 heterocycles. The highest BCUT2D eigenvalue weighted by Gasteiger charge is 2.53. The quantitative estimate of drug-likeness (QED) is 0.602. The Labute approximate surface area is 130 Å². The van der Waals surface area contributed by atoms with E-state index < -0.39 is 47.5 Å². The van der Waals surface area contributed by atoms with Gasteiger partial charge in [0.1, 0.15) is 5.75 Å². The molecular formula is C16H12O7. The summed E-state index contributed by atoms with van der Waals surface area (Å²) >= 11 is 0. The summed E-state index contributed by atoms with van der Waals surface area (Å²) in [5, 5.41) is 9.72. The standard InChI is InChI=1S/C16H12O7/c17-6-1-2-7-8(10-5-12(18)22-14(10)19)4-11-13(9(7)3-6)16(21)23-15(11)20/h1-3,8,10-11,13,17H,4-5H2. The third kappa shape index (κ3) is 1.96. The van der Waals surface area contributed by atoms with Gasteiger partial charge in [-0.25, -0.2) is 0 Å². The van der Waals surface area contributed by atoms with E-state index in [-0.39, 0.29) is 18.6 Å². The fraction of sp³-hybridized carbons (Fsp3) is 0.375. The molecule has 0 bridgehead atoms. The Kier molecular flexibility index (Phi) is 2.81. The molecule has 118 valence electrons. The zero-order valence-electron chi connectivity index (χ0n) is 11.9. The van der Waals surface area contributed by atoms with E-state index in [2.05, 4.69) is 4.74 Å². The molecule has 2 fully saturated rings. The number of esters is 4. The first-order valence-electron chi connectivity index (χ1n) is 7.28. The molecule has 0 amide bonds. The van der Waals surface area contributed by atoms with Crippen LogP contribution in [0.3, 0.4) is 0 Å². The SMILES string of the molecule is O=C1CC(C2CC3C(=O)OC(=O)C3c3cc(O)ccc32)C(=O)O1. The molecule has 0 aromatic heterocycles. The van der Waals surface area contributed by atoms with Crippen molar-refractivity contribution in [1.29, 1.82) is 0 Å². The summed E-state index contributed by atoms with van der Waals surface area (Å²) in [6.45, 7) is 0. The van der Waals surface area contributed by atoms with Gasteiger partial charge in [0, 0.05) is 0 Å². The predicted octanol–water partition coefficient (Wildman–Crippen LogP) is 0.752. The molecule has 1 aliphatic carbocycles. The Balaban J connectivity index is 1.83. The Morgan fingerprint density at radius 2 is 1.61 bits per heavy atom. The van der Waals surface area contributed by atoms with E-state index in [0.717, 1.165) is 0 Å². The molecule has 4 rings (SSSR count). The van der Waals surface area contributed by atoms with Crippen LogP contribution in [0.25, 0.3) is 0 Å². The largest absolute Gasteiger partial charge is 0.508 e. The van der Waals surface area contributed by atoms with Crippen LogP contribution in [-0.2, 0) is 28.7 Å². The number of fused-ring (bicyclic) bond motifs is 3. The summed E-state index contributed by atoms with van der Waals surface area (Å²) in [5.41, 5.74) is 1.15. The van der Waals surface area contributed by atoms with Crippen molar-refractivity contribution >= 4 is 23.9 Å². The lowest BCUT2D eigenvalue weighted by Gasteiger charge is -2.32. The van der Waals surface area contributed by atoms with Crippen molar-refractivity contribution in [3.8, 4) is 5.75 Å². The molecule has 1 aromatic carbocycles. The first kappa shape index (κ1) is 13.9. The number of phenols is 1. The van der Waals surface area contributed by atoms with Gasteiger partial charge in [-0.15, -0.1) is 0 Å². The van der Waals surface area contributed by atoms with Crippen molar-refractivity contribution in [2.75, 3.05) is 0 Å². The fourth-order valence-corrected chi connectivity index (χ4v) is 3.86. The average Bonchev–Trinajstić information content (AvgIpc) is 2.97. The maximum Gasteiger partial charge on any atom is 0.321 e. The van der Waals surface area contributed by atoms with Crippen LogP contribution in [0.4, 0.5) is 0 Å². The van der Waals surface area contributed by atoms with E-state index in [1.54, 1.807) is 6.07 Å². The van der Waals surface area contributed by atoms with Gasteiger partial charge in [0.2, 0.25) is 0 Å². The minimum absolute atomic E-state index is 0.0413. The van der Waals surface area contributed by atoms with Gasteiger partial charge < -0.3 is 14.6 Å². The molecule has 2 saturated heterocycles. The van der Waals surface area contributed by atoms with Gasteiger partial charge in [0.05, 0.1) is 24.2 Å². The molecule has 23 heavy (non-hydrogen) atoms. The maximum absolute atomic E-state index is 12.0. The number of ether oxygens (including phenoxy) is 2. The summed E-state index contributed by atoms with van der Waals surface area (Å²) in [6.07, 6.45) is 0.185. The molecule has 3 aliphatic rings. The second-order valence-corrected chi connectivity index (χ2v) is 6.08. The molecule has 0 saturated carbocycles. The van der Waals surface area contributed by atoms with Gasteiger partial charge in [-0.2, -0.15) is 0 Å². The Morgan fingerprint density at radius 3 is 2.30 bits per heavy atom. The highest BCUT2D eigenvalue weighted by molar-refractivity contribution is 6.01. The van der Waals surface area contributed by atoms with Crippen molar-refractivity contribution in [3.05, 3.63) is 29.3 Å². The van der Waals surface area contributed by atoms with Gasteiger partial charge in [-0.3, -0.25) is 19.2 Å². The summed E-state index contributed by atoms with van der Waals surface area (Å²) < 4.78 is 9.34. The van der Waals surface area contributed by atoms with Crippen molar-refractivity contribution < 1.29 is 33.8 Å². The Hall–Kier alpha value is -2.70. The highest BCUT2D eigenvalue weighted by Crippen LogP contribution is 2.51. The fourth-order valence-electron chi connectivity index (χ4n) is 3.86. The summed E-state index contributed by atoms with van der Waals surface area (Å²) in [4.78, 5) is 47.2. The minimum Gasteiger partial charge on any atom is -0.508 e. The second-order valence-electron chi connectivity index (χ2n) is 6.08. The highest BCUT2D eigenvalue weighted by atomic mass is 16.6. The lowest BCUT2D eigenvalue weighted by Crippen LogP contribution is -2.31. The number of benzene rings is 1. The first-order valence-corrected chi connectivity index (χ1v) is 7.28. The van der Waals surface area contributed by atoms with E-state index in [1.165, 1.54) is 12.1 Å². The van der Waals surface area contributed by atoms with Crippen LogP contribution in [0.5, 0.6) is 5.75 Å². The third-order valence-electron chi connectivity index (χ3n) is 4.86. The van der Waals surface area contributed by atoms with Crippen LogP contribution >= 0.6 is 0 Å². The van der Waals surface area contributed by atoms with Gasteiger partial charge in [0.15, 0.2) is 0 Å². The lowest BCUT2D eigenvalue weighted by molar-refractivity contribution is -0.155. The number of hydrogen-bond donors (Lipinski definition) is 1. The van der Waals surface area contributed by atoms with Gasteiger partial charge in [-0.1, -0.05) is 6.07 Å². The van der Waals surface area contributed by atoms with Crippen LogP contribution < -0.4 is 0 Å². The van der Waals surface area contributed by atoms with E-state index in [1.807, 2.05) is 0 Å². The zero-order valence-corrected chi connectivity index (χ0v) is 11.9. The molecule has 1 N–H and O–H groups in total. The predicted molar refractivity (Wildman–Crippen MR) is 72.0 cm³/mol. The molecular weight excluding hydrogens is 304 g/mol. The first-order chi connectivity index (χ1) is 11.0. The molecule has 4 atom stereocenters. The molecule has 0 spiro atoms. The molecule has 4 unspecified atom stereocenters. The second kappa shape index (κ2) is 4.65. The van der Waals surface area contributed by atoms with E-state index in [0.29, 0.717) is 11.1 Å². The van der Waals surface area contributed by atoms with Crippen LogP contribution in [0, 0.1) is 11.8 Å². The molecule has 1 aromatic rings. The van der Waals surface area contributed by atoms with Gasteiger partial charge in [-0.05, 0) is 35.6 Å². The van der Waals surface area contributed by atoms with E-state index in [4.69, 9.17) is 4.74 Å². The van der Waals surface area contributed by atoms with Crippen LogP contribution in [0.15, 0.2) is 18.2 Å². The normalized spacial score (nSPS) is 32.3. The Morgan fingerprint density at radius 1 is 0.870 bits per heavy atom. The molecule has 0 radical (unpaired) electrons. The summed E-state index contributed by atoms with van der Waals surface area (Å²) in [5.74, 6) is -5.10. The summed E-state index contributed by atoms with van der Waals surface area (Å²) in [6, 6.07) is 4.50. The van der Waals surface area contributed by atoms with Crippen molar-refractivity contribution in [2.45, 2.75) is 24.7 Å². The number of carbonyl (C=O) groups is 4. The van der Waals surface area contributed by atoms with Gasteiger partial charge in [0.25, 0.3) is 0 Å². The van der Waals surface area contributed by atoms with Crippen molar-refractivity contribution in [3.63, 3.8) is 0 Å².